The Hall–Kier alpha value is -5.81. The summed E-state index contributed by atoms with van der Waals surface area (Å²) in [5.41, 5.74) is 15.8. The highest BCUT2D eigenvalue weighted by atomic mass is 32.2. The Bertz CT molecular complexity index is 2920. The summed E-state index contributed by atoms with van der Waals surface area (Å²) in [5, 5.41) is 5.43. The van der Waals surface area contributed by atoms with Gasteiger partial charge in [0.25, 0.3) is 0 Å². The van der Waals surface area contributed by atoms with Crippen molar-refractivity contribution in [2.45, 2.75) is 35.5 Å². The molecule has 256 valence electrons. The van der Waals surface area contributed by atoms with Crippen LogP contribution in [0.2, 0.25) is 0 Å². The maximum atomic E-state index is 2.49. The monoisotopic (exact) mass is 726 g/mol. The van der Waals surface area contributed by atoms with Gasteiger partial charge in [0.15, 0.2) is 0 Å². The normalized spacial score (nSPS) is 14.2. The summed E-state index contributed by atoms with van der Waals surface area (Å²) in [6, 6.07) is 59.4. The molecule has 9 aromatic rings. The summed E-state index contributed by atoms with van der Waals surface area (Å²) in [6.45, 7) is 0. The van der Waals surface area contributed by atoms with Gasteiger partial charge < -0.3 is 9.80 Å². The van der Waals surface area contributed by atoms with E-state index < -0.39 is 0 Å². The van der Waals surface area contributed by atoms with Crippen LogP contribution >= 0.6 is 23.1 Å². The number of nitrogens with zero attached hydrogens (tertiary/aromatic N) is 2. The number of rotatable bonds is 2. The molecule has 3 aliphatic heterocycles. The van der Waals surface area contributed by atoms with Crippen molar-refractivity contribution in [3.8, 4) is 11.1 Å². The molecule has 54 heavy (non-hydrogen) atoms. The molecular weight excluding hydrogens is 693 g/mol. The number of fused-ring (bicyclic) bond motifs is 10. The lowest BCUT2D eigenvalue weighted by molar-refractivity contribution is 0.977. The van der Waals surface area contributed by atoms with Gasteiger partial charge in [0.2, 0.25) is 0 Å². The number of para-hydroxylation sites is 4. The molecule has 0 saturated heterocycles. The first-order chi connectivity index (χ1) is 26.8. The minimum absolute atomic E-state index is 1.05. The Morgan fingerprint density at radius 3 is 1.50 bits per heavy atom. The van der Waals surface area contributed by atoms with Crippen molar-refractivity contribution in [3.05, 3.63) is 180 Å². The lowest BCUT2D eigenvalue weighted by atomic mass is 9.94. The number of benzene rings is 8. The van der Waals surface area contributed by atoms with Gasteiger partial charge in [-0.3, -0.25) is 0 Å². The van der Waals surface area contributed by atoms with Crippen LogP contribution in [-0.4, -0.2) is 0 Å². The summed E-state index contributed by atoms with van der Waals surface area (Å²) < 4.78 is 2.67. The van der Waals surface area contributed by atoms with Gasteiger partial charge in [0.1, 0.15) is 0 Å². The minimum Gasteiger partial charge on any atom is -0.310 e. The van der Waals surface area contributed by atoms with Gasteiger partial charge in [0, 0.05) is 69.5 Å². The third kappa shape index (κ3) is 4.54. The summed E-state index contributed by atoms with van der Waals surface area (Å²) >= 11 is 3.85. The van der Waals surface area contributed by atoms with Gasteiger partial charge >= 0.3 is 0 Å². The van der Waals surface area contributed by atoms with Crippen molar-refractivity contribution in [1.82, 2.24) is 0 Å². The van der Waals surface area contributed by atoms with E-state index in [-0.39, 0.29) is 0 Å². The van der Waals surface area contributed by atoms with Crippen molar-refractivity contribution in [1.29, 1.82) is 0 Å². The second-order valence-corrected chi connectivity index (χ2v) is 16.9. The third-order valence-electron chi connectivity index (χ3n) is 11.8. The van der Waals surface area contributed by atoms with Crippen LogP contribution in [0.5, 0.6) is 0 Å². The zero-order chi connectivity index (χ0) is 35.3. The molecule has 4 heteroatoms. The van der Waals surface area contributed by atoms with Crippen molar-refractivity contribution >= 4 is 88.2 Å². The lowest BCUT2D eigenvalue weighted by Crippen LogP contribution is -2.12. The Kier molecular flexibility index (Phi) is 6.72. The Labute approximate surface area is 322 Å². The molecule has 0 aliphatic carbocycles. The molecule has 3 aliphatic rings. The molecule has 0 bridgehead atoms. The first-order valence-electron chi connectivity index (χ1n) is 18.9. The van der Waals surface area contributed by atoms with Gasteiger partial charge in [-0.1, -0.05) is 109 Å². The van der Waals surface area contributed by atoms with Crippen molar-refractivity contribution in [2.75, 3.05) is 9.80 Å². The van der Waals surface area contributed by atoms with E-state index >= 15 is 0 Å². The van der Waals surface area contributed by atoms with Crippen LogP contribution in [0.25, 0.3) is 42.1 Å². The molecule has 1 aromatic heterocycles. The number of aryl methyl sites for hydroxylation is 4. The maximum Gasteiger partial charge on any atom is 0.0493 e. The number of thiophene rings is 1. The van der Waals surface area contributed by atoms with Crippen LogP contribution in [0.15, 0.2) is 168 Å². The largest absolute Gasteiger partial charge is 0.310 e. The average molecular weight is 727 g/mol. The number of anilines is 6. The molecule has 0 saturated carbocycles. The first kappa shape index (κ1) is 30.6. The predicted octanol–water partition coefficient (Wildman–Crippen LogP) is 14.5. The molecule has 0 fully saturated rings. The van der Waals surface area contributed by atoms with Gasteiger partial charge in [-0.05, 0) is 125 Å². The van der Waals surface area contributed by atoms with E-state index in [1.165, 1.54) is 108 Å². The van der Waals surface area contributed by atoms with Gasteiger partial charge in [-0.25, -0.2) is 0 Å². The summed E-state index contributed by atoms with van der Waals surface area (Å²) in [5.74, 6) is 0. The molecule has 0 unspecified atom stereocenters. The van der Waals surface area contributed by atoms with Crippen LogP contribution in [0.1, 0.15) is 22.3 Å². The molecule has 8 aromatic carbocycles. The van der Waals surface area contributed by atoms with Gasteiger partial charge in [-0.15, -0.1) is 11.3 Å². The highest BCUT2D eigenvalue weighted by Crippen LogP contribution is 2.54. The first-order valence-corrected chi connectivity index (χ1v) is 20.6. The van der Waals surface area contributed by atoms with Crippen LogP contribution < -0.4 is 9.80 Å². The average Bonchev–Trinajstić information content (AvgIpc) is 3.38. The fourth-order valence-corrected chi connectivity index (χ4v) is 11.7. The molecule has 0 N–H and O–H groups in total. The zero-order valence-electron chi connectivity index (χ0n) is 29.6. The molecular formula is C50H34N2S2. The molecule has 4 heterocycles. The molecule has 0 atom stereocenters. The third-order valence-corrected chi connectivity index (χ3v) is 14.0. The fraction of sp³-hybridized carbons (Fsp3) is 0.0800. The molecule has 2 nitrogen and oxygen atoms in total. The van der Waals surface area contributed by atoms with E-state index in [4.69, 9.17) is 0 Å². The van der Waals surface area contributed by atoms with E-state index in [0.29, 0.717) is 0 Å². The maximum absolute atomic E-state index is 2.49. The summed E-state index contributed by atoms with van der Waals surface area (Å²) in [7, 11) is 0. The molecule has 0 radical (unpaired) electrons. The van der Waals surface area contributed by atoms with Crippen molar-refractivity contribution in [3.63, 3.8) is 0 Å². The summed E-state index contributed by atoms with van der Waals surface area (Å²) in [4.78, 5) is 7.62. The van der Waals surface area contributed by atoms with E-state index in [9.17, 15) is 0 Å². The van der Waals surface area contributed by atoms with Crippen molar-refractivity contribution in [2.24, 2.45) is 0 Å². The quantitative estimate of drug-likeness (QED) is 0.175. The van der Waals surface area contributed by atoms with E-state index in [1.54, 1.807) is 0 Å². The Morgan fingerprint density at radius 2 is 0.907 bits per heavy atom. The van der Waals surface area contributed by atoms with E-state index in [2.05, 4.69) is 168 Å². The van der Waals surface area contributed by atoms with Crippen LogP contribution in [0, 0.1) is 0 Å². The van der Waals surface area contributed by atoms with Gasteiger partial charge in [-0.2, -0.15) is 0 Å². The smallest absolute Gasteiger partial charge is 0.0493 e. The molecule has 0 amide bonds. The second kappa shape index (κ2) is 11.8. The number of hydrogen-bond donors (Lipinski definition) is 0. The lowest BCUT2D eigenvalue weighted by Gasteiger charge is -2.29. The second-order valence-electron chi connectivity index (χ2n) is 14.7. The van der Waals surface area contributed by atoms with Crippen LogP contribution in [0.4, 0.5) is 34.1 Å². The van der Waals surface area contributed by atoms with E-state index in [0.717, 1.165) is 25.7 Å². The summed E-state index contributed by atoms with van der Waals surface area (Å²) in [6.07, 6.45) is 4.19. The zero-order valence-corrected chi connectivity index (χ0v) is 31.2. The van der Waals surface area contributed by atoms with E-state index in [1.807, 2.05) is 23.1 Å². The molecule has 0 spiro atoms. The highest BCUT2D eigenvalue weighted by Gasteiger charge is 2.27. The standard InChI is InChI=1S/C50H34N2S2/c1-5-15-41-31(10-1)20-21-32-11-2-6-16-42(32)51(41)35-24-26-37-40-30-48-49(39-14-9-19-45(50(39)40)53-46(37)28-35)38-27-25-36(29-47(38)54-48)52-43-17-7-3-12-33(43)22-23-34-13-4-8-18-44(34)52/h1-19,24-30H,20-23H2. The number of hydrogen-bond acceptors (Lipinski definition) is 4. The van der Waals surface area contributed by atoms with Gasteiger partial charge in [0.05, 0.1) is 0 Å². The SMILES string of the molecule is c1ccc2c(c1)CCc1ccccc1N2c1ccc2c(c1)Sc1cccc3c1c-2cc1sc2cc(N4c5ccccc5CCc5ccccc54)ccc2c13. The fourth-order valence-electron chi connectivity index (χ4n) is 9.33. The topological polar surface area (TPSA) is 6.48 Å². The van der Waals surface area contributed by atoms with Crippen molar-refractivity contribution < 1.29 is 0 Å². The predicted molar refractivity (Wildman–Crippen MR) is 231 cm³/mol. The van der Waals surface area contributed by atoms with Crippen LogP contribution in [-0.2, 0) is 25.7 Å². The minimum atomic E-state index is 1.05. The Morgan fingerprint density at radius 1 is 0.370 bits per heavy atom. The highest BCUT2D eigenvalue weighted by molar-refractivity contribution is 7.99. The molecule has 12 rings (SSSR count). The Balaban J connectivity index is 1.02. The van der Waals surface area contributed by atoms with Crippen LogP contribution in [0.3, 0.4) is 0 Å².